The van der Waals surface area contributed by atoms with E-state index < -0.39 is 9.84 Å². The van der Waals surface area contributed by atoms with Gasteiger partial charge in [0.1, 0.15) is 11.5 Å². The first-order chi connectivity index (χ1) is 5.31. The Morgan fingerprint density at radius 1 is 1.33 bits per heavy atom. The molecule has 0 saturated heterocycles. The van der Waals surface area contributed by atoms with Gasteiger partial charge in [-0.05, 0) is 13.3 Å². The Hall–Kier alpha value is -0.640. The Morgan fingerprint density at radius 2 is 1.83 bits per heavy atom. The fourth-order valence-corrected chi connectivity index (χ4v) is 1.45. The van der Waals surface area contributed by atoms with Crippen molar-refractivity contribution in [2.75, 3.05) is 12.0 Å². The zero-order valence-electron chi connectivity index (χ0n) is 7.46. The topological polar surface area (TPSA) is 51.2 Å². The summed E-state index contributed by atoms with van der Waals surface area (Å²) in [6.45, 7) is 5.44. The maximum absolute atomic E-state index is 10.9. The van der Waals surface area contributed by atoms with Crippen molar-refractivity contribution in [1.29, 1.82) is 0 Å². The van der Waals surface area contributed by atoms with Crippen molar-refractivity contribution in [3.63, 3.8) is 0 Å². The van der Waals surface area contributed by atoms with E-state index in [9.17, 15) is 13.2 Å². The van der Waals surface area contributed by atoms with Crippen LogP contribution < -0.4 is 0 Å². The molecule has 0 amide bonds. The SMILES string of the molecule is C=C(C)CCC(=O)CS(C)(=O)=O. The summed E-state index contributed by atoms with van der Waals surface area (Å²) in [4.78, 5) is 10.9. The molecule has 0 saturated carbocycles. The number of allylic oxidation sites excluding steroid dienone is 1. The Balaban J connectivity index is 3.84. The van der Waals surface area contributed by atoms with Crippen molar-refractivity contribution < 1.29 is 13.2 Å². The molecule has 0 bridgehead atoms. The number of sulfone groups is 1. The highest BCUT2D eigenvalue weighted by Gasteiger charge is 2.09. The molecule has 0 aliphatic rings. The van der Waals surface area contributed by atoms with Crippen LogP contribution in [0.1, 0.15) is 19.8 Å². The number of Topliss-reactive ketones (excluding diaryl/α,β-unsaturated/α-hetero) is 1. The maximum Gasteiger partial charge on any atom is 0.154 e. The van der Waals surface area contributed by atoms with E-state index in [4.69, 9.17) is 0 Å². The van der Waals surface area contributed by atoms with E-state index in [-0.39, 0.29) is 18.0 Å². The second kappa shape index (κ2) is 4.40. The lowest BCUT2D eigenvalue weighted by atomic mass is 10.1. The first-order valence-corrected chi connectivity index (χ1v) is 5.71. The summed E-state index contributed by atoms with van der Waals surface area (Å²) < 4.78 is 21.3. The molecule has 0 fully saturated rings. The Labute approximate surface area is 73.4 Å². The van der Waals surface area contributed by atoms with Gasteiger partial charge in [-0.3, -0.25) is 4.79 Å². The first kappa shape index (κ1) is 11.4. The molecule has 0 heterocycles. The lowest BCUT2D eigenvalue weighted by Gasteiger charge is -1.98. The van der Waals surface area contributed by atoms with Crippen LogP contribution in [0.2, 0.25) is 0 Å². The van der Waals surface area contributed by atoms with Crippen LogP contribution >= 0.6 is 0 Å². The summed E-state index contributed by atoms with van der Waals surface area (Å²) in [5.74, 6) is -0.583. The number of rotatable bonds is 5. The van der Waals surface area contributed by atoms with Crippen LogP contribution in [0.25, 0.3) is 0 Å². The van der Waals surface area contributed by atoms with Crippen molar-refractivity contribution in [2.24, 2.45) is 0 Å². The van der Waals surface area contributed by atoms with E-state index in [1.807, 2.05) is 6.92 Å². The maximum atomic E-state index is 10.9. The zero-order valence-corrected chi connectivity index (χ0v) is 8.28. The number of ketones is 1. The lowest BCUT2D eigenvalue weighted by molar-refractivity contribution is -0.116. The number of carbonyl (C=O) groups excluding carboxylic acids is 1. The van der Waals surface area contributed by atoms with Gasteiger partial charge in [-0.15, -0.1) is 6.58 Å². The minimum atomic E-state index is -3.15. The predicted octanol–water partition coefficient (Wildman–Crippen LogP) is 0.956. The largest absolute Gasteiger partial charge is 0.299 e. The third kappa shape index (κ3) is 7.47. The van der Waals surface area contributed by atoms with Gasteiger partial charge in [0.05, 0.1) is 0 Å². The second-order valence-electron chi connectivity index (χ2n) is 3.07. The van der Waals surface area contributed by atoms with E-state index in [1.165, 1.54) is 0 Å². The molecular weight excluding hydrogens is 176 g/mol. The molecule has 12 heavy (non-hydrogen) atoms. The van der Waals surface area contributed by atoms with Crippen molar-refractivity contribution in [2.45, 2.75) is 19.8 Å². The molecule has 0 spiro atoms. The fourth-order valence-electron chi connectivity index (χ4n) is 0.717. The van der Waals surface area contributed by atoms with Gasteiger partial charge in [0, 0.05) is 12.7 Å². The van der Waals surface area contributed by atoms with Gasteiger partial charge in [0.15, 0.2) is 9.84 Å². The highest BCUT2D eigenvalue weighted by atomic mass is 32.2. The summed E-state index contributed by atoms with van der Waals surface area (Å²) in [6, 6.07) is 0. The molecule has 3 nitrogen and oxygen atoms in total. The monoisotopic (exact) mass is 190 g/mol. The third-order valence-electron chi connectivity index (χ3n) is 1.25. The standard InChI is InChI=1S/C8H14O3S/c1-7(2)4-5-8(9)6-12(3,10)11/h1,4-6H2,2-3H3. The predicted molar refractivity (Wildman–Crippen MR) is 48.8 cm³/mol. The van der Waals surface area contributed by atoms with Gasteiger partial charge in [-0.2, -0.15) is 0 Å². The Kier molecular flexibility index (Phi) is 4.17. The second-order valence-corrected chi connectivity index (χ2v) is 5.21. The first-order valence-electron chi connectivity index (χ1n) is 3.65. The van der Waals surface area contributed by atoms with E-state index in [1.54, 1.807) is 0 Å². The van der Waals surface area contributed by atoms with Gasteiger partial charge in [-0.25, -0.2) is 8.42 Å². The quantitative estimate of drug-likeness (QED) is 0.607. The molecule has 70 valence electrons. The van der Waals surface area contributed by atoms with Crippen molar-refractivity contribution in [3.05, 3.63) is 12.2 Å². The minimum Gasteiger partial charge on any atom is -0.299 e. The summed E-state index contributed by atoms with van der Waals surface area (Å²) in [6.07, 6.45) is 1.92. The van der Waals surface area contributed by atoms with Crippen molar-refractivity contribution in [1.82, 2.24) is 0 Å². The molecule has 0 aromatic heterocycles. The van der Waals surface area contributed by atoms with E-state index in [0.29, 0.717) is 6.42 Å². The molecule has 0 atom stereocenters. The summed E-state index contributed by atoms with van der Waals surface area (Å²) in [5, 5.41) is 0. The Morgan fingerprint density at radius 3 is 2.17 bits per heavy atom. The third-order valence-corrected chi connectivity index (χ3v) is 2.10. The number of hydrogen-bond donors (Lipinski definition) is 0. The van der Waals surface area contributed by atoms with Crippen LogP contribution in [-0.4, -0.2) is 26.2 Å². The molecule has 0 aliphatic carbocycles. The zero-order chi connectivity index (χ0) is 9.78. The van der Waals surface area contributed by atoms with Crippen LogP contribution in [0.5, 0.6) is 0 Å². The minimum absolute atomic E-state index is 0.236. The molecule has 0 N–H and O–H groups in total. The van der Waals surface area contributed by atoms with Gasteiger partial charge in [-0.1, -0.05) is 5.57 Å². The van der Waals surface area contributed by atoms with Crippen LogP contribution in [0, 0.1) is 0 Å². The number of carbonyl (C=O) groups is 1. The summed E-state index contributed by atoms with van der Waals surface area (Å²) in [7, 11) is -3.15. The van der Waals surface area contributed by atoms with Gasteiger partial charge in [0.25, 0.3) is 0 Å². The molecular formula is C8H14O3S. The molecule has 0 rings (SSSR count). The summed E-state index contributed by atoms with van der Waals surface area (Å²) in [5.41, 5.74) is 0.900. The Bertz CT molecular complexity index is 275. The molecule has 0 aromatic carbocycles. The summed E-state index contributed by atoms with van der Waals surface area (Å²) >= 11 is 0. The van der Waals surface area contributed by atoms with Crippen molar-refractivity contribution >= 4 is 15.6 Å². The van der Waals surface area contributed by atoms with Crippen LogP contribution in [0.3, 0.4) is 0 Å². The molecule has 0 aromatic rings. The lowest BCUT2D eigenvalue weighted by Crippen LogP contribution is -2.13. The molecule has 0 aliphatic heterocycles. The fraction of sp³-hybridized carbons (Fsp3) is 0.625. The van der Waals surface area contributed by atoms with Gasteiger partial charge in [0.2, 0.25) is 0 Å². The number of hydrogen-bond acceptors (Lipinski definition) is 3. The van der Waals surface area contributed by atoms with E-state index in [0.717, 1.165) is 11.8 Å². The molecule has 0 radical (unpaired) electrons. The molecule has 0 unspecified atom stereocenters. The van der Waals surface area contributed by atoms with E-state index in [2.05, 4.69) is 6.58 Å². The van der Waals surface area contributed by atoms with Crippen LogP contribution in [0.4, 0.5) is 0 Å². The van der Waals surface area contributed by atoms with Crippen molar-refractivity contribution in [3.8, 4) is 0 Å². The smallest absolute Gasteiger partial charge is 0.154 e. The van der Waals surface area contributed by atoms with Crippen LogP contribution in [-0.2, 0) is 14.6 Å². The normalized spacial score (nSPS) is 11.2. The highest BCUT2D eigenvalue weighted by Crippen LogP contribution is 2.01. The van der Waals surface area contributed by atoms with Gasteiger partial charge >= 0.3 is 0 Å². The average Bonchev–Trinajstić information content (AvgIpc) is 1.79. The van der Waals surface area contributed by atoms with Gasteiger partial charge < -0.3 is 0 Å². The average molecular weight is 190 g/mol. The molecule has 4 heteroatoms. The van der Waals surface area contributed by atoms with Crippen LogP contribution in [0.15, 0.2) is 12.2 Å². The van der Waals surface area contributed by atoms with E-state index >= 15 is 0 Å². The highest BCUT2D eigenvalue weighted by molar-refractivity contribution is 7.91.